The van der Waals surface area contributed by atoms with Gasteiger partial charge in [-0.15, -0.1) is 11.3 Å². The lowest BCUT2D eigenvalue weighted by atomic mass is 10.1. The zero-order valence-electron chi connectivity index (χ0n) is 14.3. The zero-order valence-corrected chi connectivity index (χ0v) is 15.2. The number of aromatic nitrogens is 2. The van der Waals surface area contributed by atoms with E-state index < -0.39 is 0 Å². The quantitative estimate of drug-likeness (QED) is 0.694. The molecule has 3 rings (SSSR count). The van der Waals surface area contributed by atoms with Gasteiger partial charge in [-0.2, -0.15) is 5.10 Å². The summed E-state index contributed by atoms with van der Waals surface area (Å²) in [6.07, 6.45) is 0.681. The van der Waals surface area contributed by atoms with E-state index in [9.17, 15) is 9.59 Å². The van der Waals surface area contributed by atoms with Crippen LogP contribution in [0.15, 0.2) is 58.7 Å². The topological polar surface area (TPSA) is 73.2 Å². The van der Waals surface area contributed by atoms with Crippen molar-refractivity contribution >= 4 is 17.2 Å². The van der Waals surface area contributed by atoms with Gasteiger partial charge in [0, 0.05) is 12.6 Å². The Morgan fingerprint density at radius 2 is 2.12 bits per heavy atom. The summed E-state index contributed by atoms with van der Waals surface area (Å²) < 4.78 is 6.37. The average Bonchev–Trinajstić information content (AvgIpc) is 3.18. The lowest BCUT2D eigenvalue weighted by Gasteiger charge is -2.08. The van der Waals surface area contributed by atoms with Crippen LogP contribution in [0.2, 0.25) is 0 Å². The van der Waals surface area contributed by atoms with E-state index in [4.69, 9.17) is 4.74 Å². The number of thiophene rings is 1. The fraction of sp³-hybridized carbons (Fsp3) is 0.211. The van der Waals surface area contributed by atoms with Gasteiger partial charge in [0.1, 0.15) is 18.0 Å². The molecule has 1 amide bonds. The Bertz CT molecular complexity index is 935. The third-order valence-corrected chi connectivity index (χ3v) is 4.70. The van der Waals surface area contributed by atoms with Gasteiger partial charge in [-0.3, -0.25) is 9.59 Å². The van der Waals surface area contributed by atoms with Crippen LogP contribution in [0.3, 0.4) is 0 Å². The molecular formula is C19H19N3O3S. The van der Waals surface area contributed by atoms with Crippen molar-refractivity contribution in [1.29, 1.82) is 0 Å². The number of benzene rings is 1. The lowest BCUT2D eigenvalue weighted by molar-refractivity contribution is -0.121. The van der Waals surface area contributed by atoms with Gasteiger partial charge in [0.2, 0.25) is 5.91 Å². The van der Waals surface area contributed by atoms with E-state index in [2.05, 4.69) is 10.4 Å². The second-order valence-corrected chi connectivity index (χ2v) is 6.59. The summed E-state index contributed by atoms with van der Waals surface area (Å²) in [5.74, 6) is 0.542. The van der Waals surface area contributed by atoms with E-state index in [0.29, 0.717) is 18.7 Å². The van der Waals surface area contributed by atoms with Crippen LogP contribution in [-0.2, 0) is 17.8 Å². The van der Waals surface area contributed by atoms with E-state index in [1.54, 1.807) is 13.2 Å². The molecule has 0 aliphatic rings. The molecule has 1 N–H and O–H groups in total. The number of ether oxygens (including phenoxy) is 1. The van der Waals surface area contributed by atoms with Crippen molar-refractivity contribution in [3.63, 3.8) is 0 Å². The maximum atomic E-state index is 12.1. The Kier molecular flexibility index (Phi) is 5.80. The molecule has 2 aromatic heterocycles. The van der Waals surface area contributed by atoms with Crippen molar-refractivity contribution in [3.05, 3.63) is 69.8 Å². The summed E-state index contributed by atoms with van der Waals surface area (Å²) in [6, 6.07) is 14.7. The Morgan fingerprint density at radius 1 is 1.23 bits per heavy atom. The van der Waals surface area contributed by atoms with Crippen LogP contribution in [0.1, 0.15) is 5.56 Å². The fourth-order valence-corrected chi connectivity index (χ4v) is 3.17. The molecular weight excluding hydrogens is 350 g/mol. The number of nitrogens with one attached hydrogen (secondary N) is 1. The Morgan fingerprint density at radius 3 is 2.88 bits per heavy atom. The monoisotopic (exact) mass is 369 g/mol. The first-order chi connectivity index (χ1) is 12.7. The summed E-state index contributed by atoms with van der Waals surface area (Å²) in [6.45, 7) is 0.377. The lowest BCUT2D eigenvalue weighted by Crippen LogP contribution is -2.34. The molecule has 0 unspecified atom stereocenters. The van der Waals surface area contributed by atoms with Crippen molar-refractivity contribution in [2.45, 2.75) is 13.0 Å². The molecule has 1 aromatic carbocycles. The van der Waals surface area contributed by atoms with Crippen LogP contribution in [-0.4, -0.2) is 29.3 Å². The van der Waals surface area contributed by atoms with Crippen molar-refractivity contribution in [2.24, 2.45) is 0 Å². The van der Waals surface area contributed by atoms with Gasteiger partial charge in [-0.25, -0.2) is 4.68 Å². The summed E-state index contributed by atoms with van der Waals surface area (Å²) in [7, 11) is 1.62. The SMILES string of the molecule is COc1cccc(CCNC(=O)Cn2nc(-c3cccs3)ccc2=O)c1. The molecule has 0 atom stereocenters. The van der Waals surface area contributed by atoms with Crippen LogP contribution >= 0.6 is 11.3 Å². The van der Waals surface area contributed by atoms with Crippen molar-refractivity contribution in [1.82, 2.24) is 15.1 Å². The first-order valence-corrected chi connectivity index (χ1v) is 9.05. The van der Waals surface area contributed by atoms with Crippen LogP contribution < -0.4 is 15.6 Å². The smallest absolute Gasteiger partial charge is 0.267 e. The largest absolute Gasteiger partial charge is 0.497 e. The minimum Gasteiger partial charge on any atom is -0.497 e. The minimum absolute atomic E-state index is 0.101. The molecule has 0 aliphatic carbocycles. The normalized spacial score (nSPS) is 10.5. The van der Waals surface area contributed by atoms with Crippen LogP contribution in [0.5, 0.6) is 5.75 Å². The van der Waals surface area contributed by atoms with E-state index in [1.807, 2.05) is 41.8 Å². The van der Waals surface area contributed by atoms with Crippen LogP contribution in [0.25, 0.3) is 10.6 Å². The highest BCUT2D eigenvalue weighted by Crippen LogP contribution is 2.21. The Labute approximate surface area is 155 Å². The molecule has 0 saturated carbocycles. The number of methoxy groups -OCH3 is 1. The molecule has 0 bridgehead atoms. The standard InChI is InChI=1S/C19H19N3O3S/c1-25-15-5-2-4-14(12-15)9-10-20-18(23)13-22-19(24)8-7-16(21-22)17-6-3-11-26-17/h2-8,11-12H,9-10,13H2,1H3,(H,20,23). The minimum atomic E-state index is -0.298. The van der Waals surface area contributed by atoms with E-state index >= 15 is 0 Å². The molecule has 7 heteroatoms. The van der Waals surface area contributed by atoms with E-state index in [1.165, 1.54) is 22.1 Å². The van der Waals surface area contributed by atoms with Crippen LogP contribution in [0, 0.1) is 0 Å². The number of rotatable bonds is 7. The van der Waals surface area contributed by atoms with E-state index in [0.717, 1.165) is 16.2 Å². The molecule has 6 nitrogen and oxygen atoms in total. The predicted octanol–water partition coefficient (Wildman–Crippen LogP) is 2.34. The summed E-state index contributed by atoms with van der Waals surface area (Å²) in [5, 5.41) is 9.04. The Hall–Kier alpha value is -2.93. The molecule has 0 fully saturated rings. The fourth-order valence-electron chi connectivity index (χ4n) is 2.48. The molecule has 0 saturated heterocycles. The van der Waals surface area contributed by atoms with Crippen molar-refractivity contribution < 1.29 is 9.53 Å². The maximum absolute atomic E-state index is 12.1. The molecule has 0 spiro atoms. The summed E-state index contributed by atoms with van der Waals surface area (Å²) in [5.41, 5.74) is 1.46. The number of carbonyl (C=O) groups is 1. The average molecular weight is 369 g/mol. The highest BCUT2D eigenvalue weighted by molar-refractivity contribution is 7.13. The summed E-state index contributed by atoms with van der Waals surface area (Å²) >= 11 is 1.54. The molecule has 3 aromatic rings. The highest BCUT2D eigenvalue weighted by atomic mass is 32.1. The Balaban J connectivity index is 1.58. The second-order valence-electron chi connectivity index (χ2n) is 5.64. The zero-order chi connectivity index (χ0) is 18.4. The molecule has 0 radical (unpaired) electrons. The first-order valence-electron chi connectivity index (χ1n) is 8.17. The van der Waals surface area contributed by atoms with Crippen molar-refractivity contribution in [3.8, 4) is 16.3 Å². The number of hydrogen-bond donors (Lipinski definition) is 1. The third kappa shape index (κ3) is 4.58. The van der Waals surface area contributed by atoms with Gasteiger partial charge >= 0.3 is 0 Å². The predicted molar refractivity (Wildman–Crippen MR) is 102 cm³/mol. The highest BCUT2D eigenvalue weighted by Gasteiger charge is 2.08. The number of nitrogens with zero attached hydrogens (tertiary/aromatic N) is 2. The van der Waals surface area contributed by atoms with Gasteiger partial charge in [0.05, 0.1) is 12.0 Å². The summed E-state index contributed by atoms with van der Waals surface area (Å²) in [4.78, 5) is 25.1. The van der Waals surface area contributed by atoms with Gasteiger partial charge in [-0.1, -0.05) is 18.2 Å². The molecule has 0 aliphatic heterocycles. The number of amides is 1. The molecule has 134 valence electrons. The molecule has 26 heavy (non-hydrogen) atoms. The third-order valence-electron chi connectivity index (χ3n) is 3.80. The maximum Gasteiger partial charge on any atom is 0.267 e. The van der Waals surface area contributed by atoms with Gasteiger partial charge in [0.15, 0.2) is 0 Å². The van der Waals surface area contributed by atoms with Crippen molar-refractivity contribution in [2.75, 3.05) is 13.7 Å². The number of hydrogen-bond acceptors (Lipinski definition) is 5. The first kappa shape index (κ1) is 17.9. The number of carbonyl (C=O) groups excluding carboxylic acids is 1. The van der Waals surface area contributed by atoms with Gasteiger partial charge in [-0.05, 0) is 41.6 Å². The van der Waals surface area contributed by atoms with Gasteiger partial charge in [0.25, 0.3) is 5.56 Å². The second kappa shape index (κ2) is 8.44. The van der Waals surface area contributed by atoms with E-state index in [-0.39, 0.29) is 18.0 Å². The van der Waals surface area contributed by atoms with Gasteiger partial charge < -0.3 is 10.1 Å². The molecule has 2 heterocycles. The van der Waals surface area contributed by atoms with Crippen LogP contribution in [0.4, 0.5) is 0 Å².